The first-order chi connectivity index (χ1) is 14.1. The largest absolute Gasteiger partial charge is 0.490 e. The summed E-state index contributed by atoms with van der Waals surface area (Å²) in [5, 5.41) is 7.12. The summed E-state index contributed by atoms with van der Waals surface area (Å²) in [6.45, 7) is 6.71. The van der Waals surface area contributed by atoms with Gasteiger partial charge in [0.05, 0.1) is 19.1 Å². The minimum Gasteiger partial charge on any atom is -0.475 e. The molecule has 1 aromatic heterocycles. The SMILES string of the molecule is CCc1cc(N2CCCC(C(N)=O)C2)nc(N2CCOCC2)n1.O=C(O)C(F)(F)F. The lowest BCUT2D eigenvalue weighted by Gasteiger charge is -2.33. The van der Waals surface area contributed by atoms with Crippen molar-refractivity contribution in [2.24, 2.45) is 11.7 Å². The van der Waals surface area contributed by atoms with Crippen LogP contribution in [-0.2, 0) is 20.7 Å². The van der Waals surface area contributed by atoms with Gasteiger partial charge in [-0.25, -0.2) is 9.78 Å². The van der Waals surface area contributed by atoms with Gasteiger partial charge in [-0.2, -0.15) is 18.2 Å². The number of nitrogens with zero attached hydrogens (tertiary/aromatic N) is 4. The number of aliphatic carboxylic acids is 1. The van der Waals surface area contributed by atoms with Crippen molar-refractivity contribution in [3.05, 3.63) is 11.8 Å². The molecule has 0 radical (unpaired) electrons. The van der Waals surface area contributed by atoms with E-state index in [4.69, 9.17) is 25.4 Å². The van der Waals surface area contributed by atoms with Crippen LogP contribution in [0.15, 0.2) is 6.07 Å². The maximum atomic E-state index is 11.5. The Bertz CT molecular complexity index is 741. The highest BCUT2D eigenvalue weighted by Gasteiger charge is 2.38. The van der Waals surface area contributed by atoms with Crippen molar-refractivity contribution in [3.8, 4) is 0 Å². The van der Waals surface area contributed by atoms with E-state index in [2.05, 4.69) is 21.7 Å². The number of carboxylic acid groups (broad SMARTS) is 1. The number of morpholine rings is 1. The Hall–Kier alpha value is -2.63. The molecule has 1 atom stereocenters. The third-order valence-electron chi connectivity index (χ3n) is 4.80. The molecular formula is C18H26F3N5O4. The van der Waals surface area contributed by atoms with Crippen molar-refractivity contribution in [2.45, 2.75) is 32.4 Å². The normalized spacial score (nSPS) is 19.7. The molecule has 1 unspecified atom stereocenters. The van der Waals surface area contributed by atoms with Crippen molar-refractivity contribution in [1.82, 2.24) is 9.97 Å². The van der Waals surface area contributed by atoms with Crippen molar-refractivity contribution < 1.29 is 32.6 Å². The van der Waals surface area contributed by atoms with Crippen LogP contribution in [0.5, 0.6) is 0 Å². The summed E-state index contributed by atoms with van der Waals surface area (Å²) in [4.78, 5) is 34.2. The van der Waals surface area contributed by atoms with Gasteiger partial charge >= 0.3 is 12.1 Å². The van der Waals surface area contributed by atoms with E-state index in [1.807, 2.05) is 6.07 Å². The summed E-state index contributed by atoms with van der Waals surface area (Å²) in [7, 11) is 0. The van der Waals surface area contributed by atoms with Gasteiger partial charge in [0, 0.05) is 37.9 Å². The quantitative estimate of drug-likeness (QED) is 0.727. The van der Waals surface area contributed by atoms with Crippen molar-refractivity contribution in [2.75, 3.05) is 49.2 Å². The molecule has 30 heavy (non-hydrogen) atoms. The number of anilines is 2. The average Bonchev–Trinajstić information content (AvgIpc) is 2.74. The highest BCUT2D eigenvalue weighted by atomic mass is 19.4. The van der Waals surface area contributed by atoms with Gasteiger partial charge in [-0.3, -0.25) is 4.79 Å². The van der Waals surface area contributed by atoms with Crippen molar-refractivity contribution in [3.63, 3.8) is 0 Å². The van der Waals surface area contributed by atoms with Crippen LogP contribution in [0.25, 0.3) is 0 Å². The number of nitrogens with two attached hydrogens (primary N) is 1. The molecule has 0 saturated carbocycles. The van der Waals surface area contributed by atoms with E-state index in [9.17, 15) is 18.0 Å². The number of ether oxygens (including phenoxy) is 1. The number of rotatable bonds is 4. The molecule has 2 saturated heterocycles. The zero-order chi connectivity index (χ0) is 22.3. The molecule has 0 aromatic carbocycles. The van der Waals surface area contributed by atoms with Gasteiger partial charge in [0.25, 0.3) is 0 Å². The monoisotopic (exact) mass is 433 g/mol. The van der Waals surface area contributed by atoms with Crippen LogP contribution in [0.3, 0.4) is 0 Å². The molecule has 1 amide bonds. The fourth-order valence-electron chi connectivity index (χ4n) is 3.13. The molecule has 2 aliphatic rings. The molecule has 9 nitrogen and oxygen atoms in total. The lowest BCUT2D eigenvalue weighted by atomic mass is 9.97. The fraction of sp³-hybridized carbons (Fsp3) is 0.667. The van der Waals surface area contributed by atoms with Gasteiger partial charge in [-0.05, 0) is 19.3 Å². The van der Waals surface area contributed by atoms with Gasteiger partial charge in [0.2, 0.25) is 11.9 Å². The minimum absolute atomic E-state index is 0.0874. The summed E-state index contributed by atoms with van der Waals surface area (Å²) in [5.41, 5.74) is 6.52. The first kappa shape index (κ1) is 23.6. The number of hydrogen-bond acceptors (Lipinski definition) is 7. The predicted molar refractivity (Wildman–Crippen MR) is 102 cm³/mol. The number of amides is 1. The van der Waals surface area contributed by atoms with E-state index in [-0.39, 0.29) is 11.8 Å². The van der Waals surface area contributed by atoms with Crippen LogP contribution in [0.1, 0.15) is 25.5 Å². The maximum Gasteiger partial charge on any atom is 0.490 e. The second kappa shape index (κ2) is 10.4. The zero-order valence-corrected chi connectivity index (χ0v) is 16.7. The Morgan fingerprint density at radius 3 is 2.40 bits per heavy atom. The topological polar surface area (TPSA) is 122 Å². The molecule has 3 rings (SSSR count). The number of aryl methyl sites for hydroxylation is 1. The Kier molecular flexibility index (Phi) is 8.21. The molecule has 1 aromatic rings. The van der Waals surface area contributed by atoms with Crippen molar-refractivity contribution >= 4 is 23.6 Å². The van der Waals surface area contributed by atoms with Gasteiger partial charge in [0.15, 0.2) is 0 Å². The number of carbonyl (C=O) groups is 2. The second-order valence-corrected chi connectivity index (χ2v) is 6.96. The van der Waals surface area contributed by atoms with Gasteiger partial charge < -0.3 is 25.4 Å². The lowest BCUT2D eigenvalue weighted by molar-refractivity contribution is -0.192. The average molecular weight is 433 g/mol. The summed E-state index contributed by atoms with van der Waals surface area (Å²) in [6, 6.07) is 2.04. The second-order valence-electron chi connectivity index (χ2n) is 6.96. The number of aromatic nitrogens is 2. The smallest absolute Gasteiger partial charge is 0.475 e. The van der Waals surface area contributed by atoms with Crippen LogP contribution in [0.2, 0.25) is 0 Å². The van der Waals surface area contributed by atoms with Crippen LogP contribution in [0.4, 0.5) is 24.9 Å². The van der Waals surface area contributed by atoms with Gasteiger partial charge in [-0.1, -0.05) is 6.92 Å². The van der Waals surface area contributed by atoms with Gasteiger partial charge in [0.1, 0.15) is 5.82 Å². The lowest BCUT2D eigenvalue weighted by Crippen LogP contribution is -2.42. The maximum absolute atomic E-state index is 11.5. The standard InChI is InChI=1S/C16H25N5O2.C2HF3O2/c1-2-13-10-14(21-5-3-4-12(11-21)15(17)22)19-16(18-13)20-6-8-23-9-7-20;3-2(4,5)1(6)7/h10,12H,2-9,11H2,1H3,(H2,17,22);(H,6,7). The highest BCUT2D eigenvalue weighted by molar-refractivity contribution is 5.77. The van der Waals surface area contributed by atoms with Crippen molar-refractivity contribution in [1.29, 1.82) is 0 Å². The summed E-state index contributed by atoms with van der Waals surface area (Å²) in [6.07, 6.45) is -2.39. The number of carbonyl (C=O) groups excluding carboxylic acids is 1. The number of piperidine rings is 1. The summed E-state index contributed by atoms with van der Waals surface area (Å²) in [5.74, 6) is -1.39. The Balaban J connectivity index is 0.000000396. The van der Waals surface area contributed by atoms with Crippen LogP contribution >= 0.6 is 0 Å². The number of alkyl halides is 3. The Labute approximate surface area is 172 Å². The number of carboxylic acids is 1. The molecule has 12 heteroatoms. The number of primary amides is 1. The summed E-state index contributed by atoms with van der Waals surface area (Å²) >= 11 is 0. The Morgan fingerprint density at radius 2 is 1.87 bits per heavy atom. The van der Waals surface area contributed by atoms with E-state index < -0.39 is 12.1 Å². The molecule has 168 valence electrons. The number of hydrogen-bond donors (Lipinski definition) is 2. The van der Waals surface area contributed by atoms with E-state index in [1.54, 1.807) is 0 Å². The first-order valence-corrected chi connectivity index (χ1v) is 9.66. The molecule has 0 spiro atoms. The Morgan fingerprint density at radius 1 is 1.23 bits per heavy atom. The molecule has 2 aliphatic heterocycles. The zero-order valence-electron chi connectivity index (χ0n) is 16.7. The molecule has 0 aliphatic carbocycles. The first-order valence-electron chi connectivity index (χ1n) is 9.66. The van der Waals surface area contributed by atoms with E-state index in [0.717, 1.165) is 56.4 Å². The van der Waals surface area contributed by atoms with Crippen LogP contribution in [-0.4, -0.2) is 72.5 Å². The predicted octanol–water partition coefficient (Wildman–Crippen LogP) is 1.21. The fourth-order valence-corrected chi connectivity index (χ4v) is 3.13. The molecule has 3 heterocycles. The van der Waals surface area contributed by atoms with E-state index >= 15 is 0 Å². The third kappa shape index (κ3) is 6.71. The highest BCUT2D eigenvalue weighted by Crippen LogP contribution is 2.24. The molecule has 3 N–H and O–H groups in total. The third-order valence-corrected chi connectivity index (χ3v) is 4.80. The van der Waals surface area contributed by atoms with E-state index in [1.165, 1.54) is 0 Å². The molecule has 2 fully saturated rings. The molecule has 0 bridgehead atoms. The number of halogens is 3. The van der Waals surface area contributed by atoms with Gasteiger partial charge in [-0.15, -0.1) is 0 Å². The van der Waals surface area contributed by atoms with Crippen LogP contribution in [0, 0.1) is 5.92 Å². The van der Waals surface area contributed by atoms with Crippen LogP contribution < -0.4 is 15.5 Å². The molecular weight excluding hydrogens is 407 g/mol. The summed E-state index contributed by atoms with van der Waals surface area (Å²) < 4.78 is 37.1. The van der Waals surface area contributed by atoms with E-state index in [0.29, 0.717) is 19.8 Å². The minimum atomic E-state index is -5.08.